The van der Waals surface area contributed by atoms with Gasteiger partial charge in [-0.1, -0.05) is 55.0 Å². The van der Waals surface area contributed by atoms with Crippen LogP contribution in [0.25, 0.3) is 11.1 Å². The number of hydrogen-bond acceptors (Lipinski definition) is 7. The number of benzene rings is 2. The summed E-state index contributed by atoms with van der Waals surface area (Å²) in [6, 6.07) is 19.7. The average molecular weight is 691 g/mol. The fraction of sp³-hybridized carbons (Fsp3) is 0.500. The van der Waals surface area contributed by atoms with Crippen LogP contribution in [-0.2, 0) is 4.79 Å². The molecule has 1 aliphatic heterocycles. The Bertz CT molecular complexity index is 1510. The summed E-state index contributed by atoms with van der Waals surface area (Å²) in [6.45, 7) is 7.34. The van der Waals surface area contributed by atoms with Gasteiger partial charge in [-0.05, 0) is 62.9 Å². The van der Waals surface area contributed by atoms with Gasteiger partial charge in [-0.2, -0.15) is 0 Å². The van der Waals surface area contributed by atoms with Crippen LogP contribution in [0.4, 0.5) is 15.5 Å². The van der Waals surface area contributed by atoms with Crippen LogP contribution >= 0.6 is 11.3 Å². The number of anilines is 2. The zero-order chi connectivity index (χ0) is 35.3. The zero-order valence-electron chi connectivity index (χ0n) is 29.9. The van der Waals surface area contributed by atoms with E-state index in [9.17, 15) is 19.5 Å². The first-order valence-corrected chi connectivity index (χ1v) is 18.3. The van der Waals surface area contributed by atoms with Gasteiger partial charge in [-0.25, -0.2) is 4.79 Å². The summed E-state index contributed by atoms with van der Waals surface area (Å²) < 4.78 is 0. The number of aryl methyl sites for hydroxylation is 1. The lowest BCUT2D eigenvalue weighted by molar-refractivity contribution is -0.130. The summed E-state index contributed by atoms with van der Waals surface area (Å²) in [5.74, 6) is 0.229. The molecule has 0 radical (unpaired) electrons. The molecule has 1 fully saturated rings. The molecule has 11 heteroatoms. The number of likely N-dealkylation sites (N-methyl/N-ethyl adjacent to an activating group) is 3. The summed E-state index contributed by atoms with van der Waals surface area (Å²) >= 11 is 1.55. The summed E-state index contributed by atoms with van der Waals surface area (Å²) in [6.07, 6.45) is 3.90. The van der Waals surface area contributed by atoms with E-state index in [1.165, 1.54) is 0 Å². The van der Waals surface area contributed by atoms with Gasteiger partial charge < -0.3 is 30.0 Å². The monoisotopic (exact) mass is 690 g/mol. The number of carboxylic acid groups (broad SMARTS) is 1. The Morgan fingerprint density at radius 1 is 0.898 bits per heavy atom. The van der Waals surface area contributed by atoms with Crippen molar-refractivity contribution in [3.05, 3.63) is 71.1 Å². The first-order chi connectivity index (χ1) is 23.6. The molecule has 2 aromatic carbocycles. The normalized spacial score (nSPS) is 13.7. The number of likely N-dealkylation sites (tertiary alicyclic amines) is 1. The standard InChI is InChI=1S/C38H54N6O4S/c1-29-28-35(49-36(29)37(46)42(5)25-21-39-2)41(4)22-13-7-10-18-34(45)40(3)26-27-43-23-19-31(20-24-43)44(38(47)48)33-17-12-11-16-32(33)30-14-8-6-9-15-30/h6,8-9,11-12,14-17,28,31,39H,7,10,13,18-27H2,1-5H3,(H,47,48). The molecule has 0 aliphatic carbocycles. The van der Waals surface area contributed by atoms with Crippen LogP contribution in [0.2, 0.25) is 0 Å². The first-order valence-electron chi connectivity index (χ1n) is 17.4. The molecule has 3 amide bonds. The summed E-state index contributed by atoms with van der Waals surface area (Å²) in [5, 5.41) is 14.4. The number of unbranched alkanes of at least 4 members (excludes halogenated alkanes) is 2. The van der Waals surface area contributed by atoms with Gasteiger partial charge in [0, 0.05) is 85.0 Å². The van der Waals surface area contributed by atoms with Crippen LogP contribution in [0.5, 0.6) is 0 Å². The highest BCUT2D eigenvalue weighted by atomic mass is 32.1. The Balaban J connectivity index is 1.15. The first kappa shape index (κ1) is 37.9. The molecule has 0 unspecified atom stereocenters. The van der Waals surface area contributed by atoms with E-state index in [1.807, 2.05) is 87.6 Å². The van der Waals surface area contributed by atoms with Gasteiger partial charge in [0.1, 0.15) is 0 Å². The van der Waals surface area contributed by atoms with Crippen LogP contribution in [0, 0.1) is 6.92 Å². The second kappa shape index (κ2) is 18.7. The number of piperidine rings is 1. The van der Waals surface area contributed by atoms with Crippen molar-refractivity contribution in [3.63, 3.8) is 0 Å². The molecule has 0 bridgehead atoms. The number of rotatable bonds is 17. The van der Waals surface area contributed by atoms with Crippen LogP contribution < -0.4 is 15.1 Å². The van der Waals surface area contributed by atoms with E-state index in [0.29, 0.717) is 19.5 Å². The van der Waals surface area contributed by atoms with Crippen LogP contribution in [-0.4, -0.2) is 118 Å². The molecule has 1 aliphatic rings. The van der Waals surface area contributed by atoms with Gasteiger partial charge in [0.05, 0.1) is 15.6 Å². The Labute approximate surface area is 296 Å². The Kier molecular flexibility index (Phi) is 14.5. The third-order valence-electron chi connectivity index (χ3n) is 9.46. The molecule has 4 rings (SSSR count). The largest absolute Gasteiger partial charge is 0.465 e. The number of para-hydroxylation sites is 1. The minimum Gasteiger partial charge on any atom is -0.465 e. The summed E-state index contributed by atoms with van der Waals surface area (Å²) in [5.41, 5.74) is 3.66. The summed E-state index contributed by atoms with van der Waals surface area (Å²) in [4.78, 5) is 48.7. The molecule has 0 saturated carbocycles. The molecule has 2 heterocycles. The smallest absolute Gasteiger partial charge is 0.412 e. The van der Waals surface area contributed by atoms with Gasteiger partial charge in [0.2, 0.25) is 5.91 Å². The molecule has 1 saturated heterocycles. The van der Waals surface area contributed by atoms with Gasteiger partial charge in [-0.15, -0.1) is 11.3 Å². The third kappa shape index (κ3) is 10.5. The lowest BCUT2D eigenvalue weighted by Crippen LogP contribution is -2.48. The molecule has 3 aromatic rings. The average Bonchev–Trinajstić information content (AvgIpc) is 3.51. The number of amides is 3. The van der Waals surface area contributed by atoms with Crippen LogP contribution in [0.3, 0.4) is 0 Å². The van der Waals surface area contributed by atoms with Gasteiger partial charge >= 0.3 is 6.09 Å². The van der Waals surface area contributed by atoms with Crippen molar-refractivity contribution >= 4 is 39.9 Å². The van der Waals surface area contributed by atoms with Gasteiger partial charge in [-0.3, -0.25) is 14.5 Å². The van der Waals surface area contributed by atoms with Gasteiger partial charge in [0.15, 0.2) is 0 Å². The number of nitrogens with zero attached hydrogens (tertiary/aromatic N) is 5. The van der Waals surface area contributed by atoms with E-state index < -0.39 is 6.09 Å². The fourth-order valence-electron chi connectivity index (χ4n) is 6.34. The zero-order valence-corrected chi connectivity index (χ0v) is 30.7. The molecule has 266 valence electrons. The van der Waals surface area contributed by atoms with E-state index >= 15 is 0 Å². The third-order valence-corrected chi connectivity index (χ3v) is 10.8. The van der Waals surface area contributed by atoms with E-state index in [4.69, 9.17) is 0 Å². The molecule has 0 spiro atoms. The van der Waals surface area contributed by atoms with Crippen LogP contribution in [0.1, 0.15) is 53.8 Å². The molecule has 0 atom stereocenters. The molecule has 1 aromatic heterocycles. The van der Waals surface area contributed by atoms with E-state index in [1.54, 1.807) is 21.1 Å². The minimum absolute atomic E-state index is 0.0648. The number of carbonyl (C=O) groups excluding carboxylic acids is 2. The maximum atomic E-state index is 12.9. The van der Waals surface area contributed by atoms with Crippen molar-refractivity contribution in [1.29, 1.82) is 0 Å². The SMILES string of the molecule is CNCCN(C)C(=O)c1sc(N(C)CCCCCC(=O)N(C)CCN2CCC(N(C(=O)O)c3ccccc3-c3ccccc3)CC2)cc1C. The highest BCUT2D eigenvalue weighted by Gasteiger charge is 2.30. The molecule has 49 heavy (non-hydrogen) atoms. The quantitative estimate of drug-likeness (QED) is 0.165. The Morgan fingerprint density at radius 2 is 1.59 bits per heavy atom. The van der Waals surface area contributed by atoms with E-state index in [0.717, 1.165) is 97.1 Å². The second-order valence-electron chi connectivity index (χ2n) is 13.1. The predicted octanol–water partition coefficient (Wildman–Crippen LogP) is 6.12. The van der Waals surface area contributed by atoms with Crippen molar-refractivity contribution in [1.82, 2.24) is 20.0 Å². The Morgan fingerprint density at radius 3 is 2.29 bits per heavy atom. The van der Waals surface area contributed by atoms with E-state index in [2.05, 4.69) is 28.2 Å². The van der Waals surface area contributed by atoms with E-state index in [-0.39, 0.29) is 17.9 Å². The maximum absolute atomic E-state index is 12.9. The predicted molar refractivity (Wildman–Crippen MR) is 201 cm³/mol. The highest BCUT2D eigenvalue weighted by molar-refractivity contribution is 7.18. The molecular formula is C38H54N6O4S. The lowest BCUT2D eigenvalue weighted by atomic mass is 9.98. The number of nitrogens with one attached hydrogen (secondary N) is 1. The fourth-order valence-corrected chi connectivity index (χ4v) is 7.50. The minimum atomic E-state index is -0.926. The maximum Gasteiger partial charge on any atom is 0.412 e. The van der Waals surface area contributed by atoms with Gasteiger partial charge in [0.25, 0.3) is 5.91 Å². The topological polar surface area (TPSA) is 99.7 Å². The lowest BCUT2D eigenvalue weighted by Gasteiger charge is -2.38. The molecule has 10 nitrogen and oxygen atoms in total. The number of hydrogen-bond donors (Lipinski definition) is 2. The van der Waals surface area contributed by atoms with Crippen molar-refractivity contribution < 1.29 is 19.5 Å². The van der Waals surface area contributed by atoms with Crippen molar-refractivity contribution in [3.8, 4) is 11.1 Å². The van der Waals surface area contributed by atoms with Crippen molar-refractivity contribution in [2.45, 2.75) is 51.5 Å². The van der Waals surface area contributed by atoms with Crippen LogP contribution in [0.15, 0.2) is 60.7 Å². The number of carbonyl (C=O) groups is 3. The summed E-state index contributed by atoms with van der Waals surface area (Å²) in [7, 11) is 7.67. The van der Waals surface area contributed by atoms with Crippen molar-refractivity contribution in [2.24, 2.45) is 0 Å². The molecule has 2 N–H and O–H groups in total. The van der Waals surface area contributed by atoms with Crippen molar-refractivity contribution in [2.75, 3.05) is 83.8 Å². The Hall–Kier alpha value is -3.93. The number of thiophene rings is 1. The highest BCUT2D eigenvalue weighted by Crippen LogP contribution is 2.34. The molecular weight excluding hydrogens is 637 g/mol. The second-order valence-corrected chi connectivity index (χ2v) is 14.1.